The molecule has 1 saturated carbocycles. The van der Waals surface area contributed by atoms with E-state index in [9.17, 15) is 0 Å². The molecule has 0 aromatic carbocycles. The Balaban J connectivity index is 2.32. The van der Waals surface area contributed by atoms with Crippen molar-refractivity contribution in [2.24, 2.45) is 34.5 Å². The highest BCUT2D eigenvalue weighted by atomic mass is 16.5. The standard InChI is InChI=1S/C15H28O/c1-14(2,3)12-10-7-11(9-16-8-10)13(12)15(4,5)6/h10-13H,7-9H2,1-6H3. The number of hydrogen-bond donors (Lipinski definition) is 0. The topological polar surface area (TPSA) is 9.23 Å². The van der Waals surface area contributed by atoms with Gasteiger partial charge in [0.15, 0.2) is 0 Å². The minimum atomic E-state index is 0.422. The van der Waals surface area contributed by atoms with E-state index in [1.54, 1.807) is 0 Å². The first-order valence-electron chi connectivity index (χ1n) is 6.79. The molecule has 2 bridgehead atoms. The summed E-state index contributed by atoms with van der Waals surface area (Å²) in [5.41, 5.74) is 0.843. The molecular weight excluding hydrogens is 196 g/mol. The molecule has 1 nitrogen and oxygen atoms in total. The fourth-order valence-corrected chi connectivity index (χ4v) is 4.47. The Kier molecular flexibility index (Phi) is 2.89. The van der Waals surface area contributed by atoms with Crippen molar-refractivity contribution in [1.29, 1.82) is 0 Å². The summed E-state index contributed by atoms with van der Waals surface area (Å²) in [6.07, 6.45) is 1.41. The van der Waals surface area contributed by atoms with Gasteiger partial charge in [-0.3, -0.25) is 0 Å². The Morgan fingerprint density at radius 2 is 1.12 bits per heavy atom. The van der Waals surface area contributed by atoms with Crippen LogP contribution in [0.4, 0.5) is 0 Å². The highest BCUT2D eigenvalue weighted by molar-refractivity contribution is 5.01. The second kappa shape index (κ2) is 3.73. The van der Waals surface area contributed by atoms with Gasteiger partial charge in [0.05, 0.1) is 0 Å². The van der Waals surface area contributed by atoms with E-state index in [-0.39, 0.29) is 0 Å². The predicted octanol–water partition coefficient (Wildman–Crippen LogP) is 3.98. The maximum atomic E-state index is 5.81. The van der Waals surface area contributed by atoms with E-state index in [1.165, 1.54) is 6.42 Å². The zero-order chi connectivity index (χ0) is 12.1. The fraction of sp³-hybridized carbons (Fsp3) is 1.00. The third-order valence-electron chi connectivity index (χ3n) is 4.67. The molecule has 0 amide bonds. The van der Waals surface area contributed by atoms with Gasteiger partial charge in [-0.15, -0.1) is 0 Å². The second-order valence-electron chi connectivity index (χ2n) is 8.08. The molecule has 2 aliphatic rings. The molecule has 94 valence electrons. The summed E-state index contributed by atoms with van der Waals surface area (Å²) < 4.78 is 5.81. The maximum Gasteiger partial charge on any atom is 0.0497 e. The minimum absolute atomic E-state index is 0.422. The van der Waals surface area contributed by atoms with Crippen LogP contribution in [0.15, 0.2) is 0 Å². The third kappa shape index (κ3) is 2.03. The second-order valence-corrected chi connectivity index (χ2v) is 8.08. The molecule has 0 N–H and O–H groups in total. The summed E-state index contributed by atoms with van der Waals surface area (Å²) in [4.78, 5) is 0. The van der Waals surface area contributed by atoms with Gasteiger partial charge in [-0.05, 0) is 40.9 Å². The molecule has 1 aliphatic heterocycles. The molecule has 1 saturated heterocycles. The van der Waals surface area contributed by atoms with Crippen molar-refractivity contribution in [3.05, 3.63) is 0 Å². The summed E-state index contributed by atoms with van der Waals surface area (Å²) in [7, 11) is 0. The van der Waals surface area contributed by atoms with Crippen molar-refractivity contribution in [1.82, 2.24) is 0 Å². The molecule has 2 rings (SSSR count). The molecule has 1 heterocycles. The van der Waals surface area contributed by atoms with Gasteiger partial charge in [0.1, 0.15) is 0 Å². The van der Waals surface area contributed by atoms with Gasteiger partial charge < -0.3 is 4.74 Å². The Morgan fingerprint density at radius 1 is 0.750 bits per heavy atom. The van der Waals surface area contributed by atoms with Crippen LogP contribution in [0.3, 0.4) is 0 Å². The summed E-state index contributed by atoms with van der Waals surface area (Å²) in [6, 6.07) is 0. The fourth-order valence-electron chi connectivity index (χ4n) is 4.47. The maximum absolute atomic E-state index is 5.81. The zero-order valence-electron chi connectivity index (χ0n) is 11.8. The van der Waals surface area contributed by atoms with Gasteiger partial charge in [0.25, 0.3) is 0 Å². The predicted molar refractivity (Wildman–Crippen MR) is 68.3 cm³/mol. The SMILES string of the molecule is CC(C)(C)C1C2COCC(C2)C1C(C)(C)C. The zero-order valence-corrected chi connectivity index (χ0v) is 11.8. The Bertz CT molecular complexity index is 230. The Hall–Kier alpha value is -0.0400. The smallest absolute Gasteiger partial charge is 0.0497 e. The van der Waals surface area contributed by atoms with Gasteiger partial charge >= 0.3 is 0 Å². The summed E-state index contributed by atoms with van der Waals surface area (Å²) in [6.45, 7) is 16.5. The van der Waals surface area contributed by atoms with Crippen LogP contribution in [-0.2, 0) is 4.74 Å². The first-order valence-corrected chi connectivity index (χ1v) is 6.79. The quantitative estimate of drug-likeness (QED) is 0.605. The van der Waals surface area contributed by atoms with Crippen LogP contribution in [0.25, 0.3) is 0 Å². The molecule has 0 radical (unpaired) electrons. The lowest BCUT2D eigenvalue weighted by Gasteiger charge is -2.42. The normalized spacial score (nSPS) is 40.1. The van der Waals surface area contributed by atoms with E-state index in [2.05, 4.69) is 41.5 Å². The van der Waals surface area contributed by atoms with Crippen LogP contribution in [0, 0.1) is 34.5 Å². The van der Waals surface area contributed by atoms with Crippen LogP contribution in [0.1, 0.15) is 48.0 Å². The van der Waals surface area contributed by atoms with Crippen molar-refractivity contribution in [3.8, 4) is 0 Å². The van der Waals surface area contributed by atoms with Crippen molar-refractivity contribution < 1.29 is 4.74 Å². The largest absolute Gasteiger partial charge is 0.381 e. The lowest BCUT2D eigenvalue weighted by atomic mass is 9.62. The molecule has 4 atom stereocenters. The van der Waals surface area contributed by atoms with E-state index in [1.807, 2.05) is 0 Å². The van der Waals surface area contributed by atoms with Crippen LogP contribution in [-0.4, -0.2) is 13.2 Å². The summed E-state index contributed by atoms with van der Waals surface area (Å²) in [5.74, 6) is 3.28. The first-order chi connectivity index (χ1) is 7.21. The third-order valence-corrected chi connectivity index (χ3v) is 4.67. The number of fused-ring (bicyclic) bond motifs is 2. The molecule has 0 aromatic heterocycles. The molecule has 4 unspecified atom stereocenters. The van der Waals surface area contributed by atoms with Gasteiger partial charge in [-0.1, -0.05) is 41.5 Å². The minimum Gasteiger partial charge on any atom is -0.381 e. The average Bonchev–Trinajstić information content (AvgIpc) is 2.35. The lowest BCUT2D eigenvalue weighted by Crippen LogP contribution is -2.37. The lowest BCUT2D eigenvalue weighted by molar-refractivity contribution is 0.0300. The molecule has 16 heavy (non-hydrogen) atoms. The van der Waals surface area contributed by atoms with E-state index in [0.29, 0.717) is 10.8 Å². The highest BCUT2D eigenvalue weighted by Crippen LogP contribution is 2.57. The number of hydrogen-bond acceptors (Lipinski definition) is 1. The highest BCUT2D eigenvalue weighted by Gasteiger charge is 2.53. The number of rotatable bonds is 0. The van der Waals surface area contributed by atoms with Gasteiger partial charge in [0, 0.05) is 13.2 Å². The van der Waals surface area contributed by atoms with Crippen LogP contribution < -0.4 is 0 Å². The van der Waals surface area contributed by atoms with E-state index in [4.69, 9.17) is 4.74 Å². The van der Waals surface area contributed by atoms with Crippen molar-refractivity contribution >= 4 is 0 Å². The Morgan fingerprint density at radius 3 is 1.44 bits per heavy atom. The van der Waals surface area contributed by atoms with Gasteiger partial charge in [-0.2, -0.15) is 0 Å². The van der Waals surface area contributed by atoms with Crippen molar-refractivity contribution in [3.63, 3.8) is 0 Å². The molecular formula is C15H28O. The molecule has 0 spiro atoms. The van der Waals surface area contributed by atoms with Gasteiger partial charge in [0.2, 0.25) is 0 Å². The van der Waals surface area contributed by atoms with Crippen molar-refractivity contribution in [2.75, 3.05) is 13.2 Å². The van der Waals surface area contributed by atoms with E-state index < -0.39 is 0 Å². The molecule has 2 fully saturated rings. The average molecular weight is 224 g/mol. The number of ether oxygens (including phenoxy) is 1. The first kappa shape index (κ1) is 12.4. The molecule has 1 aliphatic carbocycles. The summed E-state index contributed by atoms with van der Waals surface area (Å²) in [5, 5.41) is 0. The van der Waals surface area contributed by atoms with Crippen molar-refractivity contribution in [2.45, 2.75) is 48.0 Å². The molecule has 1 heteroatoms. The van der Waals surface area contributed by atoms with E-state index in [0.717, 1.165) is 36.9 Å². The van der Waals surface area contributed by atoms with E-state index >= 15 is 0 Å². The van der Waals surface area contributed by atoms with Crippen LogP contribution in [0.5, 0.6) is 0 Å². The van der Waals surface area contributed by atoms with Crippen LogP contribution in [0.2, 0.25) is 0 Å². The molecule has 0 aromatic rings. The van der Waals surface area contributed by atoms with Crippen LogP contribution >= 0.6 is 0 Å². The summed E-state index contributed by atoms with van der Waals surface area (Å²) >= 11 is 0. The Labute approximate surface area is 101 Å². The monoisotopic (exact) mass is 224 g/mol. The van der Waals surface area contributed by atoms with Gasteiger partial charge in [-0.25, -0.2) is 0 Å².